The van der Waals surface area contributed by atoms with Gasteiger partial charge >= 0.3 is 0 Å². The maximum absolute atomic E-state index is 12.0. The summed E-state index contributed by atoms with van der Waals surface area (Å²) < 4.78 is 0. The van der Waals surface area contributed by atoms with Gasteiger partial charge in [-0.1, -0.05) is 78.9 Å². The lowest BCUT2D eigenvalue weighted by Gasteiger charge is -2.30. The van der Waals surface area contributed by atoms with Crippen molar-refractivity contribution in [2.45, 2.75) is 18.6 Å². The normalized spacial score (nSPS) is 13.0. The summed E-state index contributed by atoms with van der Waals surface area (Å²) in [7, 11) is 0. The smallest absolute Gasteiger partial charge is 0.155 e. The second-order valence-electron chi connectivity index (χ2n) is 6.58. The SMILES string of the molecule is CC(O)c1c(C(O)(c2ccccc2)c2ccccc2)[nH]c2ccccc12. The lowest BCUT2D eigenvalue weighted by atomic mass is 9.81. The Bertz CT molecular complexity index is 980. The first-order valence-electron chi connectivity index (χ1n) is 8.75. The van der Waals surface area contributed by atoms with Gasteiger partial charge in [0.25, 0.3) is 0 Å². The van der Waals surface area contributed by atoms with Crippen LogP contribution in [0.3, 0.4) is 0 Å². The van der Waals surface area contributed by atoms with E-state index in [1.807, 2.05) is 84.9 Å². The summed E-state index contributed by atoms with van der Waals surface area (Å²) >= 11 is 0. The number of aliphatic hydroxyl groups excluding tert-OH is 1. The lowest BCUT2D eigenvalue weighted by molar-refractivity contribution is 0.115. The van der Waals surface area contributed by atoms with Crippen LogP contribution >= 0.6 is 0 Å². The number of fused-ring (bicyclic) bond motifs is 1. The standard InChI is InChI=1S/C23H21NO2/c1-16(25)21-19-14-8-9-15-20(19)24-22(21)23(26,17-10-4-2-5-11-17)18-12-6-3-7-13-18/h2-16,24-26H,1H3. The van der Waals surface area contributed by atoms with E-state index in [2.05, 4.69) is 4.98 Å². The second kappa shape index (κ2) is 6.45. The van der Waals surface area contributed by atoms with Gasteiger partial charge in [0, 0.05) is 16.5 Å². The highest BCUT2D eigenvalue weighted by molar-refractivity contribution is 5.86. The number of nitrogens with one attached hydrogen (secondary N) is 1. The third-order valence-electron chi connectivity index (χ3n) is 4.91. The van der Waals surface area contributed by atoms with Crippen molar-refractivity contribution in [3.8, 4) is 0 Å². The summed E-state index contributed by atoms with van der Waals surface area (Å²) in [5.41, 5.74) is 2.32. The molecule has 4 rings (SSSR count). The molecular formula is C23H21NO2. The highest BCUT2D eigenvalue weighted by Gasteiger charge is 2.38. The monoisotopic (exact) mass is 343 g/mol. The third kappa shape index (κ3) is 2.53. The highest BCUT2D eigenvalue weighted by Crippen LogP contribution is 2.42. The van der Waals surface area contributed by atoms with Crippen molar-refractivity contribution in [1.29, 1.82) is 0 Å². The van der Waals surface area contributed by atoms with Gasteiger partial charge in [0.1, 0.15) is 0 Å². The Morgan fingerprint density at radius 3 is 1.81 bits per heavy atom. The largest absolute Gasteiger partial charge is 0.389 e. The van der Waals surface area contributed by atoms with Crippen LogP contribution < -0.4 is 0 Å². The molecule has 3 heteroatoms. The molecule has 0 aliphatic carbocycles. The maximum atomic E-state index is 12.0. The molecule has 4 aromatic rings. The molecule has 0 saturated carbocycles. The van der Waals surface area contributed by atoms with Gasteiger partial charge in [-0.15, -0.1) is 0 Å². The first-order chi connectivity index (χ1) is 12.6. The van der Waals surface area contributed by atoms with E-state index in [0.717, 1.165) is 27.6 Å². The summed E-state index contributed by atoms with van der Waals surface area (Å²) in [6.07, 6.45) is -0.722. The molecule has 0 aliphatic heterocycles. The number of aromatic nitrogens is 1. The molecule has 1 unspecified atom stereocenters. The van der Waals surface area contributed by atoms with Gasteiger partial charge in [-0.25, -0.2) is 0 Å². The van der Waals surface area contributed by atoms with E-state index in [9.17, 15) is 10.2 Å². The van der Waals surface area contributed by atoms with Crippen LogP contribution in [0.4, 0.5) is 0 Å². The van der Waals surface area contributed by atoms with E-state index in [-0.39, 0.29) is 0 Å². The van der Waals surface area contributed by atoms with Crippen molar-refractivity contribution in [3.63, 3.8) is 0 Å². The van der Waals surface area contributed by atoms with Crippen molar-refractivity contribution in [3.05, 3.63) is 107 Å². The molecule has 0 fully saturated rings. The molecular weight excluding hydrogens is 322 g/mol. The fourth-order valence-corrected chi connectivity index (χ4v) is 3.70. The predicted octanol–water partition coefficient (Wildman–Crippen LogP) is 4.51. The average molecular weight is 343 g/mol. The molecule has 130 valence electrons. The minimum absolute atomic E-state index is 0.603. The maximum Gasteiger partial charge on any atom is 0.155 e. The van der Waals surface area contributed by atoms with Gasteiger partial charge < -0.3 is 15.2 Å². The fraction of sp³-hybridized carbons (Fsp3) is 0.130. The number of hydrogen-bond acceptors (Lipinski definition) is 2. The van der Waals surface area contributed by atoms with Gasteiger partial charge in [0.15, 0.2) is 5.60 Å². The fourth-order valence-electron chi connectivity index (χ4n) is 3.70. The molecule has 3 nitrogen and oxygen atoms in total. The second-order valence-corrected chi connectivity index (χ2v) is 6.58. The first kappa shape index (κ1) is 16.6. The van der Waals surface area contributed by atoms with E-state index in [1.54, 1.807) is 6.92 Å². The van der Waals surface area contributed by atoms with Crippen LogP contribution in [0.1, 0.15) is 35.4 Å². The van der Waals surface area contributed by atoms with Crippen molar-refractivity contribution in [1.82, 2.24) is 4.98 Å². The van der Waals surface area contributed by atoms with Crippen LogP contribution in [0, 0.1) is 0 Å². The summed E-state index contributed by atoms with van der Waals surface area (Å²) in [6.45, 7) is 1.73. The van der Waals surface area contributed by atoms with Crippen molar-refractivity contribution in [2.24, 2.45) is 0 Å². The highest BCUT2D eigenvalue weighted by atomic mass is 16.3. The summed E-state index contributed by atoms with van der Waals surface area (Å²) in [6, 6.07) is 26.9. The summed E-state index contributed by atoms with van der Waals surface area (Å²) in [5, 5.41) is 23.5. The van der Waals surface area contributed by atoms with Gasteiger partial charge in [0.05, 0.1) is 11.8 Å². The zero-order valence-corrected chi connectivity index (χ0v) is 14.6. The molecule has 1 heterocycles. The van der Waals surface area contributed by atoms with Crippen molar-refractivity contribution >= 4 is 10.9 Å². The quantitative estimate of drug-likeness (QED) is 0.511. The molecule has 0 saturated heterocycles. The molecule has 0 spiro atoms. The zero-order valence-electron chi connectivity index (χ0n) is 14.6. The molecule has 0 aliphatic rings. The Morgan fingerprint density at radius 1 is 0.769 bits per heavy atom. The molecule has 0 radical (unpaired) electrons. The minimum atomic E-state index is -1.39. The minimum Gasteiger partial charge on any atom is -0.389 e. The van der Waals surface area contributed by atoms with E-state index >= 15 is 0 Å². The van der Waals surface area contributed by atoms with Crippen LogP contribution in [0.15, 0.2) is 84.9 Å². The number of hydrogen-bond donors (Lipinski definition) is 3. The number of benzene rings is 3. The van der Waals surface area contributed by atoms with Gasteiger partial charge in [0.2, 0.25) is 0 Å². The Kier molecular flexibility index (Phi) is 4.11. The number of aliphatic hydroxyl groups is 2. The molecule has 1 atom stereocenters. The van der Waals surface area contributed by atoms with Crippen LogP contribution in [-0.4, -0.2) is 15.2 Å². The van der Waals surface area contributed by atoms with Crippen molar-refractivity contribution < 1.29 is 10.2 Å². The summed E-state index contributed by atoms with van der Waals surface area (Å²) in [5.74, 6) is 0. The lowest BCUT2D eigenvalue weighted by Crippen LogP contribution is -2.30. The Hall–Kier alpha value is -2.88. The van der Waals surface area contributed by atoms with Gasteiger partial charge in [-0.05, 0) is 24.1 Å². The topological polar surface area (TPSA) is 56.2 Å². The van der Waals surface area contributed by atoms with Crippen molar-refractivity contribution in [2.75, 3.05) is 0 Å². The number of para-hydroxylation sites is 1. The average Bonchev–Trinajstić information content (AvgIpc) is 3.09. The molecule has 26 heavy (non-hydrogen) atoms. The van der Waals surface area contributed by atoms with Gasteiger partial charge in [-0.3, -0.25) is 0 Å². The van der Waals surface area contributed by atoms with Gasteiger partial charge in [-0.2, -0.15) is 0 Å². The first-order valence-corrected chi connectivity index (χ1v) is 8.75. The van der Waals surface area contributed by atoms with Crippen LogP contribution in [0.25, 0.3) is 10.9 Å². The van der Waals surface area contributed by atoms with E-state index in [0.29, 0.717) is 5.69 Å². The number of rotatable bonds is 4. The van der Waals surface area contributed by atoms with E-state index in [1.165, 1.54) is 0 Å². The van der Waals surface area contributed by atoms with Crippen LogP contribution in [-0.2, 0) is 5.60 Å². The molecule has 1 aromatic heterocycles. The predicted molar refractivity (Wildman–Crippen MR) is 104 cm³/mol. The molecule has 3 aromatic carbocycles. The Balaban J connectivity index is 2.09. The molecule has 0 bridgehead atoms. The number of aromatic amines is 1. The van der Waals surface area contributed by atoms with Crippen LogP contribution in [0.2, 0.25) is 0 Å². The third-order valence-corrected chi connectivity index (χ3v) is 4.91. The van der Waals surface area contributed by atoms with E-state index in [4.69, 9.17) is 0 Å². The number of H-pyrrole nitrogens is 1. The van der Waals surface area contributed by atoms with E-state index < -0.39 is 11.7 Å². The molecule has 3 N–H and O–H groups in total. The van der Waals surface area contributed by atoms with Crippen LogP contribution in [0.5, 0.6) is 0 Å². The zero-order chi connectivity index (χ0) is 18.1. The summed E-state index contributed by atoms with van der Waals surface area (Å²) in [4.78, 5) is 3.37. The Labute approximate surface area is 152 Å². The Morgan fingerprint density at radius 2 is 1.27 bits per heavy atom. The molecule has 0 amide bonds.